The molecule has 2 heterocycles. The van der Waals surface area contributed by atoms with Gasteiger partial charge in [0.1, 0.15) is 17.5 Å². The molecule has 2 rings (SSSR count). The Morgan fingerprint density at radius 3 is 2.41 bits per heavy atom. The Balaban J connectivity index is 2.00. The molecule has 2 atom stereocenters. The highest BCUT2D eigenvalue weighted by molar-refractivity contribution is 5.69. The van der Waals surface area contributed by atoms with E-state index in [1.54, 1.807) is 4.90 Å². The lowest BCUT2D eigenvalue weighted by molar-refractivity contribution is 0.0224. The predicted octanol–water partition coefficient (Wildman–Crippen LogP) is 3.48. The molecule has 1 aliphatic rings. The summed E-state index contributed by atoms with van der Waals surface area (Å²) in [4.78, 5) is 18.3. The van der Waals surface area contributed by atoms with Gasteiger partial charge in [-0.05, 0) is 41.5 Å². The molecule has 0 spiro atoms. The normalized spacial score (nSPS) is 21.8. The fourth-order valence-electron chi connectivity index (χ4n) is 2.70. The first-order chi connectivity index (χ1) is 10.1. The third kappa shape index (κ3) is 4.36. The fourth-order valence-corrected chi connectivity index (χ4v) is 2.70. The third-order valence-electron chi connectivity index (χ3n) is 3.52. The van der Waals surface area contributed by atoms with Crippen molar-refractivity contribution in [2.45, 2.75) is 65.7 Å². The van der Waals surface area contributed by atoms with Crippen molar-refractivity contribution in [3.8, 4) is 5.75 Å². The van der Waals surface area contributed by atoms with E-state index in [9.17, 15) is 4.79 Å². The van der Waals surface area contributed by atoms with Gasteiger partial charge in [0.15, 0.2) is 0 Å². The summed E-state index contributed by atoms with van der Waals surface area (Å²) in [5.74, 6) is 0.813. The van der Waals surface area contributed by atoms with Crippen LogP contribution in [0, 0.1) is 13.8 Å². The van der Waals surface area contributed by atoms with Crippen LogP contribution in [0.15, 0.2) is 12.1 Å². The highest BCUT2D eigenvalue weighted by Gasteiger charge is 2.36. The van der Waals surface area contributed by atoms with E-state index in [-0.39, 0.29) is 18.2 Å². The fraction of sp³-hybridized carbons (Fsp3) is 0.647. The van der Waals surface area contributed by atoms with Crippen LogP contribution in [0.2, 0.25) is 0 Å². The second kappa shape index (κ2) is 6.15. The van der Waals surface area contributed by atoms with Gasteiger partial charge in [0, 0.05) is 36.0 Å². The molecule has 0 aliphatic carbocycles. The molecular weight excluding hydrogens is 280 g/mol. The molecule has 1 aromatic rings. The van der Waals surface area contributed by atoms with Crippen LogP contribution in [0.1, 0.15) is 45.5 Å². The molecule has 0 saturated carbocycles. The lowest BCUT2D eigenvalue weighted by Crippen LogP contribution is -2.39. The van der Waals surface area contributed by atoms with Gasteiger partial charge in [-0.1, -0.05) is 0 Å². The van der Waals surface area contributed by atoms with Gasteiger partial charge in [-0.3, -0.25) is 4.98 Å². The summed E-state index contributed by atoms with van der Waals surface area (Å²) >= 11 is 0. The number of pyridine rings is 1. The quantitative estimate of drug-likeness (QED) is 0.839. The van der Waals surface area contributed by atoms with Crippen molar-refractivity contribution in [2.24, 2.45) is 0 Å². The number of carbonyl (C=O) groups is 1. The number of rotatable bonds is 2. The van der Waals surface area contributed by atoms with Gasteiger partial charge in [0.2, 0.25) is 0 Å². The Hall–Kier alpha value is -1.78. The number of hydrogen-bond acceptors (Lipinski definition) is 4. The molecule has 1 amide bonds. The third-order valence-corrected chi connectivity index (χ3v) is 3.52. The molecule has 1 fully saturated rings. The van der Waals surface area contributed by atoms with Crippen molar-refractivity contribution >= 4 is 6.09 Å². The molecule has 1 saturated heterocycles. The lowest BCUT2D eigenvalue weighted by atomic mass is 10.2. The summed E-state index contributed by atoms with van der Waals surface area (Å²) in [6, 6.07) is 3.96. The van der Waals surface area contributed by atoms with Gasteiger partial charge in [-0.2, -0.15) is 0 Å². The van der Waals surface area contributed by atoms with Crippen molar-refractivity contribution in [1.82, 2.24) is 9.88 Å². The molecule has 1 aliphatic heterocycles. The maximum atomic E-state index is 12.2. The van der Waals surface area contributed by atoms with Gasteiger partial charge < -0.3 is 14.4 Å². The molecule has 5 nitrogen and oxygen atoms in total. The second-order valence-corrected chi connectivity index (χ2v) is 7.04. The van der Waals surface area contributed by atoms with Gasteiger partial charge in [0.25, 0.3) is 0 Å². The van der Waals surface area contributed by atoms with Gasteiger partial charge in [0.05, 0.1) is 6.54 Å². The van der Waals surface area contributed by atoms with Gasteiger partial charge in [-0.15, -0.1) is 0 Å². The topological polar surface area (TPSA) is 51.7 Å². The molecular formula is C17H26N2O3. The molecule has 0 radical (unpaired) electrons. The number of aryl methyl sites for hydroxylation is 2. The predicted molar refractivity (Wildman–Crippen MR) is 85.1 cm³/mol. The number of aromatic nitrogens is 1. The summed E-state index contributed by atoms with van der Waals surface area (Å²) in [6.45, 7) is 12.1. The molecule has 0 bridgehead atoms. The van der Waals surface area contributed by atoms with E-state index in [4.69, 9.17) is 9.47 Å². The first-order valence-electron chi connectivity index (χ1n) is 7.75. The lowest BCUT2D eigenvalue weighted by Gasteiger charge is -2.26. The minimum absolute atomic E-state index is 0.0104. The minimum Gasteiger partial charge on any atom is -0.488 e. The summed E-state index contributed by atoms with van der Waals surface area (Å²) < 4.78 is 11.5. The SMILES string of the molecule is Cc1cc(O[C@@H]2C[C@@H](C)N(C(=O)OC(C)(C)C)C2)cc(C)n1. The summed E-state index contributed by atoms with van der Waals surface area (Å²) in [6.07, 6.45) is 0.525. The van der Waals surface area contributed by atoms with Crippen LogP contribution in [0.3, 0.4) is 0 Å². The number of amides is 1. The van der Waals surface area contributed by atoms with Crippen molar-refractivity contribution in [1.29, 1.82) is 0 Å². The molecule has 22 heavy (non-hydrogen) atoms. The number of ether oxygens (including phenoxy) is 2. The Kier molecular flexibility index (Phi) is 4.63. The summed E-state index contributed by atoms with van der Waals surface area (Å²) in [7, 11) is 0. The number of nitrogens with zero attached hydrogens (tertiary/aromatic N) is 2. The number of hydrogen-bond donors (Lipinski definition) is 0. The van der Waals surface area contributed by atoms with Crippen LogP contribution >= 0.6 is 0 Å². The second-order valence-electron chi connectivity index (χ2n) is 7.04. The van der Waals surface area contributed by atoms with Crippen molar-refractivity contribution < 1.29 is 14.3 Å². The van der Waals surface area contributed by atoms with E-state index < -0.39 is 5.60 Å². The van der Waals surface area contributed by atoms with Crippen LogP contribution in [-0.2, 0) is 4.74 Å². The maximum absolute atomic E-state index is 12.2. The maximum Gasteiger partial charge on any atom is 0.410 e. The first kappa shape index (κ1) is 16.6. The van der Waals surface area contributed by atoms with Crippen LogP contribution < -0.4 is 4.74 Å². The minimum atomic E-state index is -0.477. The van der Waals surface area contributed by atoms with Crippen LogP contribution in [0.5, 0.6) is 5.75 Å². The Labute approximate surface area is 132 Å². The van der Waals surface area contributed by atoms with Crippen molar-refractivity contribution in [2.75, 3.05) is 6.54 Å². The van der Waals surface area contributed by atoms with Gasteiger partial charge in [-0.25, -0.2) is 4.79 Å². The van der Waals surface area contributed by atoms with E-state index in [0.29, 0.717) is 6.54 Å². The molecule has 0 unspecified atom stereocenters. The Bertz CT molecular complexity index is 531. The van der Waals surface area contributed by atoms with Crippen LogP contribution in [0.25, 0.3) is 0 Å². The zero-order valence-electron chi connectivity index (χ0n) is 14.3. The Morgan fingerprint density at radius 1 is 1.27 bits per heavy atom. The van der Waals surface area contributed by atoms with E-state index in [0.717, 1.165) is 23.6 Å². The molecule has 0 aromatic carbocycles. The zero-order valence-corrected chi connectivity index (χ0v) is 14.3. The highest BCUT2D eigenvalue weighted by Crippen LogP contribution is 2.25. The molecule has 0 N–H and O–H groups in total. The molecule has 122 valence electrons. The summed E-state index contributed by atoms with van der Waals surface area (Å²) in [5.41, 5.74) is 1.39. The van der Waals surface area contributed by atoms with Crippen molar-refractivity contribution in [3.05, 3.63) is 23.5 Å². The van der Waals surface area contributed by atoms with E-state index in [1.165, 1.54) is 0 Å². The standard InChI is InChI=1S/C17H26N2O3/c1-11-7-14(8-12(2)18-11)21-15-9-13(3)19(10-15)16(20)22-17(4,5)6/h7-8,13,15H,9-10H2,1-6H3/t13-,15-/m1/s1. The summed E-state index contributed by atoms with van der Waals surface area (Å²) in [5, 5.41) is 0. The Morgan fingerprint density at radius 2 is 1.86 bits per heavy atom. The van der Waals surface area contributed by atoms with Crippen LogP contribution in [0.4, 0.5) is 4.79 Å². The highest BCUT2D eigenvalue weighted by atomic mass is 16.6. The van der Waals surface area contributed by atoms with E-state index >= 15 is 0 Å². The average Bonchev–Trinajstić information content (AvgIpc) is 2.66. The molecule has 5 heteroatoms. The smallest absolute Gasteiger partial charge is 0.410 e. The van der Waals surface area contributed by atoms with Gasteiger partial charge >= 0.3 is 6.09 Å². The number of likely N-dealkylation sites (tertiary alicyclic amines) is 1. The van der Waals surface area contributed by atoms with Crippen molar-refractivity contribution in [3.63, 3.8) is 0 Å². The number of carbonyl (C=O) groups excluding carboxylic acids is 1. The molecule has 1 aromatic heterocycles. The van der Waals surface area contributed by atoms with E-state index in [2.05, 4.69) is 4.98 Å². The first-order valence-corrected chi connectivity index (χ1v) is 7.75. The monoisotopic (exact) mass is 306 g/mol. The average molecular weight is 306 g/mol. The zero-order chi connectivity index (χ0) is 16.5. The van der Waals surface area contributed by atoms with Crippen LogP contribution in [-0.4, -0.2) is 40.3 Å². The van der Waals surface area contributed by atoms with E-state index in [1.807, 2.05) is 53.7 Å². The largest absolute Gasteiger partial charge is 0.488 e.